The first kappa shape index (κ1) is 20.2. The SMILES string of the molecule is O=C(CC(F)(F)F)N1C[C@@H]2[C@H](c3ccccc31)[C@H](CO)N2C(=O)C1CCCCC1. The number of aliphatic hydroxyl groups excluding tert-OH is 1. The lowest BCUT2D eigenvalue weighted by Gasteiger charge is -2.59. The molecule has 29 heavy (non-hydrogen) atoms. The summed E-state index contributed by atoms with van der Waals surface area (Å²) >= 11 is 0. The van der Waals surface area contributed by atoms with Crippen LogP contribution in [0.3, 0.4) is 0 Å². The van der Waals surface area contributed by atoms with Gasteiger partial charge >= 0.3 is 6.18 Å². The molecule has 158 valence electrons. The first-order chi connectivity index (χ1) is 13.8. The Morgan fingerprint density at radius 1 is 1.10 bits per heavy atom. The Kier molecular flexibility index (Phi) is 5.31. The molecule has 5 nitrogen and oxygen atoms in total. The van der Waals surface area contributed by atoms with E-state index in [-0.39, 0.29) is 30.9 Å². The normalized spacial score (nSPS) is 27.1. The molecule has 2 aliphatic heterocycles. The van der Waals surface area contributed by atoms with Gasteiger partial charge in [0.1, 0.15) is 6.42 Å². The monoisotopic (exact) mass is 410 g/mol. The second-order valence-electron chi connectivity index (χ2n) is 8.28. The van der Waals surface area contributed by atoms with Gasteiger partial charge in [0, 0.05) is 24.1 Å². The summed E-state index contributed by atoms with van der Waals surface area (Å²) in [5.41, 5.74) is 1.18. The van der Waals surface area contributed by atoms with Crippen LogP contribution in [0.4, 0.5) is 18.9 Å². The van der Waals surface area contributed by atoms with E-state index >= 15 is 0 Å². The minimum Gasteiger partial charge on any atom is -0.394 e. The highest BCUT2D eigenvalue weighted by Crippen LogP contribution is 2.49. The quantitative estimate of drug-likeness (QED) is 0.833. The maximum absolute atomic E-state index is 13.2. The largest absolute Gasteiger partial charge is 0.397 e. The smallest absolute Gasteiger partial charge is 0.394 e. The van der Waals surface area contributed by atoms with Crippen LogP contribution in [-0.2, 0) is 9.59 Å². The maximum Gasteiger partial charge on any atom is 0.397 e. The third kappa shape index (κ3) is 3.63. The van der Waals surface area contributed by atoms with E-state index in [1.807, 2.05) is 0 Å². The van der Waals surface area contributed by atoms with Crippen LogP contribution in [0.5, 0.6) is 0 Å². The van der Waals surface area contributed by atoms with Crippen molar-refractivity contribution in [1.29, 1.82) is 0 Å². The predicted octanol–water partition coefficient (Wildman–Crippen LogP) is 3.22. The van der Waals surface area contributed by atoms with Crippen molar-refractivity contribution in [3.63, 3.8) is 0 Å². The number of aliphatic hydroxyl groups is 1. The molecule has 2 amide bonds. The molecule has 1 saturated heterocycles. The average molecular weight is 410 g/mol. The zero-order valence-electron chi connectivity index (χ0n) is 16.1. The number of hydrogen-bond acceptors (Lipinski definition) is 3. The fraction of sp³-hybridized carbons (Fsp3) is 0.619. The summed E-state index contributed by atoms with van der Waals surface area (Å²) < 4.78 is 38.5. The number of carbonyl (C=O) groups is 2. The lowest BCUT2D eigenvalue weighted by molar-refractivity contribution is -0.159. The minimum absolute atomic E-state index is 0.0333. The molecule has 0 bridgehead atoms. The Morgan fingerprint density at radius 3 is 2.45 bits per heavy atom. The summed E-state index contributed by atoms with van der Waals surface area (Å²) in [5, 5.41) is 9.97. The molecule has 0 aromatic heterocycles. The molecule has 0 radical (unpaired) electrons. The number of hydrogen-bond donors (Lipinski definition) is 1. The van der Waals surface area contributed by atoms with Gasteiger partial charge in [-0.25, -0.2) is 0 Å². The fourth-order valence-electron chi connectivity index (χ4n) is 5.26. The highest BCUT2D eigenvalue weighted by Gasteiger charge is 2.56. The van der Waals surface area contributed by atoms with Crippen LogP contribution in [0.15, 0.2) is 24.3 Å². The van der Waals surface area contributed by atoms with Crippen LogP contribution in [0, 0.1) is 5.92 Å². The van der Waals surface area contributed by atoms with E-state index in [0.29, 0.717) is 5.69 Å². The van der Waals surface area contributed by atoms with Crippen molar-refractivity contribution in [2.45, 2.75) is 62.7 Å². The number of alkyl halides is 3. The molecule has 2 heterocycles. The Balaban J connectivity index is 1.63. The van der Waals surface area contributed by atoms with Crippen molar-refractivity contribution in [3.05, 3.63) is 29.8 Å². The van der Waals surface area contributed by atoms with E-state index in [9.17, 15) is 27.9 Å². The van der Waals surface area contributed by atoms with Gasteiger partial charge in [-0.3, -0.25) is 9.59 Å². The number of amides is 2. The first-order valence-corrected chi connectivity index (χ1v) is 10.2. The van der Waals surface area contributed by atoms with Gasteiger partial charge in [-0.05, 0) is 24.5 Å². The van der Waals surface area contributed by atoms with Crippen molar-refractivity contribution in [1.82, 2.24) is 4.90 Å². The van der Waals surface area contributed by atoms with Crippen molar-refractivity contribution in [2.75, 3.05) is 18.1 Å². The van der Waals surface area contributed by atoms with Crippen molar-refractivity contribution in [2.24, 2.45) is 5.92 Å². The van der Waals surface area contributed by atoms with Gasteiger partial charge in [-0.15, -0.1) is 0 Å². The molecular weight excluding hydrogens is 385 g/mol. The Labute approximate surface area is 167 Å². The van der Waals surface area contributed by atoms with Gasteiger partial charge in [0.05, 0.1) is 18.7 Å². The summed E-state index contributed by atoms with van der Waals surface area (Å²) in [5.74, 6) is -1.32. The zero-order chi connectivity index (χ0) is 20.8. The molecule has 1 aromatic rings. The molecular formula is C21H25F3N2O3. The van der Waals surface area contributed by atoms with Gasteiger partial charge in [-0.1, -0.05) is 37.5 Å². The first-order valence-electron chi connectivity index (χ1n) is 10.2. The summed E-state index contributed by atoms with van der Waals surface area (Å²) in [6.07, 6.45) is -1.43. The number of carbonyl (C=O) groups excluding carboxylic acids is 2. The molecule has 0 unspecified atom stereocenters. The lowest BCUT2D eigenvalue weighted by Crippen LogP contribution is -2.71. The van der Waals surface area contributed by atoms with Crippen molar-refractivity contribution in [3.8, 4) is 0 Å². The second kappa shape index (κ2) is 7.63. The predicted molar refractivity (Wildman–Crippen MR) is 100 cm³/mol. The number of anilines is 1. The summed E-state index contributed by atoms with van der Waals surface area (Å²) in [7, 11) is 0. The molecule has 3 atom stereocenters. The van der Waals surface area contributed by atoms with E-state index in [1.54, 1.807) is 29.2 Å². The molecule has 0 spiro atoms. The third-order valence-corrected chi connectivity index (χ3v) is 6.55. The molecule has 1 saturated carbocycles. The van der Waals surface area contributed by atoms with Gasteiger partial charge in [0.2, 0.25) is 11.8 Å². The standard InChI is InChI=1S/C21H25F3N2O3/c22-21(23,24)10-18(28)25-11-16-19(14-8-4-5-9-15(14)25)17(12-27)26(16)20(29)13-6-2-1-3-7-13/h4-5,8-9,13,16-17,19,27H,1-3,6-7,10-12H2/t16-,17+,19+/m1/s1. The van der Waals surface area contributed by atoms with Crippen LogP contribution < -0.4 is 4.90 Å². The molecule has 3 aliphatic rings. The molecule has 1 aromatic carbocycles. The summed E-state index contributed by atoms with van der Waals surface area (Å²) in [6, 6.07) is 6.09. The van der Waals surface area contributed by atoms with E-state index in [4.69, 9.17) is 0 Å². The molecule has 1 N–H and O–H groups in total. The number of likely N-dealkylation sites (tertiary alicyclic amines) is 1. The van der Waals surface area contributed by atoms with E-state index in [1.165, 1.54) is 4.90 Å². The van der Waals surface area contributed by atoms with E-state index in [2.05, 4.69) is 0 Å². The molecule has 8 heteroatoms. The van der Waals surface area contributed by atoms with Crippen LogP contribution in [0.25, 0.3) is 0 Å². The number of nitrogens with zero attached hydrogens (tertiary/aromatic N) is 2. The van der Waals surface area contributed by atoms with Crippen molar-refractivity contribution < 1.29 is 27.9 Å². The van der Waals surface area contributed by atoms with E-state index in [0.717, 1.165) is 37.7 Å². The average Bonchev–Trinajstić information content (AvgIpc) is 2.67. The van der Waals surface area contributed by atoms with Gasteiger partial charge in [0.15, 0.2) is 0 Å². The zero-order valence-corrected chi connectivity index (χ0v) is 16.1. The Bertz CT molecular complexity index is 792. The number of fused-ring (bicyclic) bond motifs is 3. The number of benzene rings is 1. The Hall–Kier alpha value is -2.09. The number of para-hydroxylation sites is 1. The second-order valence-corrected chi connectivity index (χ2v) is 8.28. The van der Waals surface area contributed by atoms with Gasteiger partial charge in [0.25, 0.3) is 0 Å². The number of rotatable bonds is 3. The summed E-state index contributed by atoms with van der Waals surface area (Å²) in [6.45, 7) is -0.171. The Morgan fingerprint density at radius 2 is 1.79 bits per heavy atom. The third-order valence-electron chi connectivity index (χ3n) is 6.55. The van der Waals surface area contributed by atoms with Crippen LogP contribution in [-0.4, -0.2) is 53.2 Å². The van der Waals surface area contributed by atoms with Crippen LogP contribution in [0.2, 0.25) is 0 Å². The fourth-order valence-corrected chi connectivity index (χ4v) is 5.26. The molecule has 1 aliphatic carbocycles. The van der Waals surface area contributed by atoms with E-state index < -0.39 is 30.6 Å². The topological polar surface area (TPSA) is 60.9 Å². The van der Waals surface area contributed by atoms with Crippen molar-refractivity contribution >= 4 is 17.5 Å². The minimum atomic E-state index is -4.59. The lowest BCUT2D eigenvalue weighted by atomic mass is 9.70. The summed E-state index contributed by atoms with van der Waals surface area (Å²) in [4.78, 5) is 28.4. The van der Waals surface area contributed by atoms with Crippen LogP contribution >= 0.6 is 0 Å². The van der Waals surface area contributed by atoms with Gasteiger partial charge in [-0.2, -0.15) is 13.2 Å². The number of halogens is 3. The highest BCUT2D eigenvalue weighted by atomic mass is 19.4. The molecule has 2 fully saturated rings. The maximum atomic E-state index is 13.2. The highest BCUT2D eigenvalue weighted by molar-refractivity contribution is 5.96. The van der Waals surface area contributed by atoms with Crippen LogP contribution in [0.1, 0.15) is 50.0 Å². The van der Waals surface area contributed by atoms with Gasteiger partial charge < -0.3 is 14.9 Å². The molecule has 4 rings (SSSR count).